The Morgan fingerprint density at radius 1 is 1.02 bits per heavy atom. The molecule has 8 nitrogen and oxygen atoms in total. The number of carbonyl (C=O) groups excluding carboxylic acids is 3. The van der Waals surface area contributed by atoms with Crippen LogP contribution in [-0.2, 0) is 25.7 Å². The van der Waals surface area contributed by atoms with Gasteiger partial charge in [0, 0.05) is 24.8 Å². The Bertz CT molecular complexity index is 1320. The van der Waals surface area contributed by atoms with Gasteiger partial charge in [-0.25, -0.2) is 0 Å². The molecular weight excluding hydrogens is 528 g/mol. The Kier molecular flexibility index (Phi) is 8.19. The number of likely N-dealkylation sites (tertiary alicyclic amines) is 1. The molecular formula is C34H42N4O4. The molecule has 8 heteroatoms. The normalized spacial score (nSPS) is 28.4. The van der Waals surface area contributed by atoms with Crippen LogP contribution in [0.2, 0.25) is 0 Å². The van der Waals surface area contributed by atoms with E-state index in [1.54, 1.807) is 4.90 Å². The van der Waals surface area contributed by atoms with Gasteiger partial charge in [-0.05, 0) is 57.5 Å². The number of amides is 3. The molecule has 2 saturated heterocycles. The van der Waals surface area contributed by atoms with Gasteiger partial charge in [0.25, 0.3) is 0 Å². The largest absolute Gasteiger partial charge is 0.359 e. The summed E-state index contributed by atoms with van der Waals surface area (Å²) in [5.74, 6) is -2.01. The van der Waals surface area contributed by atoms with Crippen LogP contribution in [0.4, 0.5) is 5.69 Å². The van der Waals surface area contributed by atoms with Crippen LogP contribution >= 0.6 is 0 Å². The van der Waals surface area contributed by atoms with Crippen molar-refractivity contribution in [2.45, 2.75) is 75.8 Å². The molecule has 4 aliphatic rings. The zero-order valence-electron chi connectivity index (χ0n) is 24.6. The summed E-state index contributed by atoms with van der Waals surface area (Å²) in [5, 5.41) is 6.27. The molecule has 2 aromatic carbocycles. The molecule has 3 heterocycles. The number of nitrogens with one attached hydrogen (secondary N) is 2. The van der Waals surface area contributed by atoms with Crippen LogP contribution < -0.4 is 10.6 Å². The first-order valence-electron chi connectivity index (χ1n) is 15.4. The molecule has 1 saturated carbocycles. The number of carbonyl (C=O) groups is 3. The van der Waals surface area contributed by atoms with E-state index in [1.165, 1.54) is 12.0 Å². The van der Waals surface area contributed by atoms with E-state index in [-0.39, 0.29) is 23.8 Å². The summed E-state index contributed by atoms with van der Waals surface area (Å²) < 4.78 is 6.50. The van der Waals surface area contributed by atoms with Gasteiger partial charge in [-0.3, -0.25) is 14.4 Å². The lowest BCUT2D eigenvalue weighted by molar-refractivity contribution is -0.141. The van der Waals surface area contributed by atoms with E-state index in [9.17, 15) is 14.4 Å². The molecule has 3 fully saturated rings. The maximum absolute atomic E-state index is 14.2. The molecule has 6 rings (SSSR count). The van der Waals surface area contributed by atoms with Crippen molar-refractivity contribution in [2.75, 3.05) is 25.5 Å². The molecule has 0 unspecified atom stereocenters. The highest BCUT2D eigenvalue weighted by atomic mass is 16.5. The zero-order valence-corrected chi connectivity index (χ0v) is 24.6. The molecule has 1 spiro atoms. The zero-order chi connectivity index (χ0) is 29.3. The van der Waals surface area contributed by atoms with Gasteiger partial charge in [0.2, 0.25) is 17.7 Å². The van der Waals surface area contributed by atoms with Crippen molar-refractivity contribution >= 4 is 23.4 Å². The predicted molar refractivity (Wildman–Crippen MR) is 161 cm³/mol. The van der Waals surface area contributed by atoms with Crippen molar-refractivity contribution in [1.29, 1.82) is 0 Å². The minimum absolute atomic E-state index is 0.110. The summed E-state index contributed by atoms with van der Waals surface area (Å²) in [6, 6.07) is 17.2. The summed E-state index contributed by atoms with van der Waals surface area (Å²) in [5.41, 5.74) is 1.88. The van der Waals surface area contributed by atoms with E-state index in [4.69, 9.17) is 4.74 Å². The molecule has 2 aromatic rings. The van der Waals surface area contributed by atoms with Crippen molar-refractivity contribution in [1.82, 2.24) is 15.1 Å². The summed E-state index contributed by atoms with van der Waals surface area (Å²) in [4.78, 5) is 45.8. The quantitative estimate of drug-likeness (QED) is 0.421. The van der Waals surface area contributed by atoms with Crippen molar-refractivity contribution in [3.8, 4) is 0 Å². The van der Waals surface area contributed by atoms with Crippen LogP contribution in [0.3, 0.4) is 0 Å². The van der Waals surface area contributed by atoms with E-state index < -0.39 is 29.6 Å². The monoisotopic (exact) mass is 570 g/mol. The van der Waals surface area contributed by atoms with E-state index in [0.29, 0.717) is 18.7 Å². The molecule has 42 heavy (non-hydrogen) atoms. The van der Waals surface area contributed by atoms with Crippen LogP contribution in [-0.4, -0.2) is 71.4 Å². The van der Waals surface area contributed by atoms with Crippen molar-refractivity contribution in [3.63, 3.8) is 0 Å². The molecule has 3 aliphatic heterocycles. The van der Waals surface area contributed by atoms with Crippen LogP contribution in [0.15, 0.2) is 66.7 Å². The van der Waals surface area contributed by atoms with Gasteiger partial charge >= 0.3 is 0 Å². The second-order valence-corrected chi connectivity index (χ2v) is 12.5. The number of hydrogen-bond donors (Lipinski definition) is 2. The lowest BCUT2D eigenvalue weighted by atomic mass is 9.74. The third kappa shape index (κ3) is 5.50. The first-order chi connectivity index (χ1) is 20.4. The van der Waals surface area contributed by atoms with Gasteiger partial charge in [0.05, 0.1) is 17.9 Å². The summed E-state index contributed by atoms with van der Waals surface area (Å²) in [7, 11) is 2.07. The fraction of sp³-hybridized carbons (Fsp3) is 0.500. The topological polar surface area (TPSA) is 91.0 Å². The molecule has 222 valence electrons. The number of hydrogen-bond acceptors (Lipinski definition) is 5. The lowest BCUT2D eigenvalue weighted by Crippen LogP contribution is -2.56. The van der Waals surface area contributed by atoms with Crippen LogP contribution in [0.1, 0.15) is 49.7 Å². The Hall–Kier alpha value is -3.49. The van der Waals surface area contributed by atoms with Gasteiger partial charge in [-0.15, -0.1) is 0 Å². The average Bonchev–Trinajstić information content (AvgIpc) is 3.63. The summed E-state index contributed by atoms with van der Waals surface area (Å²) in [6.07, 6.45) is 9.23. The number of nitrogens with zero attached hydrogens (tertiary/aromatic N) is 2. The first kappa shape index (κ1) is 28.6. The molecule has 5 atom stereocenters. The number of fused-ring (bicyclic) bond motifs is 1. The summed E-state index contributed by atoms with van der Waals surface area (Å²) >= 11 is 0. The Balaban J connectivity index is 1.21. The third-order valence-electron chi connectivity index (χ3n) is 9.43. The fourth-order valence-electron chi connectivity index (χ4n) is 7.38. The highest BCUT2D eigenvalue weighted by Crippen LogP contribution is 2.55. The number of ether oxygens (including phenoxy) is 1. The predicted octanol–water partition coefficient (Wildman–Crippen LogP) is 4.06. The minimum Gasteiger partial charge on any atom is -0.359 e. The second-order valence-electron chi connectivity index (χ2n) is 12.5. The number of rotatable bonds is 10. The van der Waals surface area contributed by atoms with E-state index in [2.05, 4.69) is 34.7 Å². The standard InChI is InChI=1S/C34H42N4O4/c1-23-14-16-26(17-15-23)35-31(39)28-27-18-19-34(42-27)29(28)33(41)38(30(34)32(40)36-25-12-7-4-8-13-25)21-9-20-37(2)22-24-10-5-3-6-11-24/h3,5-6,10-11,14-19,25,27-30H,4,7-9,12-13,20-22H2,1-2H3,(H,35,39)(H,36,40)/t27-,28-,29-,30-,34-/m1/s1. The summed E-state index contributed by atoms with van der Waals surface area (Å²) in [6.45, 7) is 3.99. The fourth-order valence-corrected chi connectivity index (χ4v) is 7.38. The van der Waals surface area contributed by atoms with Gasteiger partial charge in [0.15, 0.2) is 0 Å². The maximum Gasteiger partial charge on any atom is 0.246 e. The molecule has 2 bridgehead atoms. The lowest BCUT2D eigenvalue weighted by Gasteiger charge is -2.34. The molecule has 3 amide bonds. The van der Waals surface area contributed by atoms with Crippen molar-refractivity contribution in [2.24, 2.45) is 11.8 Å². The first-order valence-corrected chi connectivity index (χ1v) is 15.4. The molecule has 0 radical (unpaired) electrons. The van der Waals surface area contributed by atoms with Crippen LogP contribution in [0.25, 0.3) is 0 Å². The van der Waals surface area contributed by atoms with Crippen molar-refractivity contribution < 1.29 is 19.1 Å². The van der Waals surface area contributed by atoms with E-state index in [1.807, 2.05) is 61.5 Å². The van der Waals surface area contributed by atoms with Gasteiger partial charge < -0.3 is 25.2 Å². The number of aryl methyl sites for hydroxylation is 1. The highest BCUT2D eigenvalue weighted by Gasteiger charge is 2.72. The Morgan fingerprint density at radius 2 is 1.76 bits per heavy atom. The van der Waals surface area contributed by atoms with E-state index >= 15 is 0 Å². The number of benzene rings is 2. The van der Waals surface area contributed by atoms with Crippen LogP contribution in [0.5, 0.6) is 0 Å². The SMILES string of the molecule is Cc1ccc(NC(=O)[C@@H]2[C@H]3C=C[C@@]4(O3)[C@H]2C(=O)N(CCCN(C)Cc2ccccc2)[C@@H]4C(=O)NC2CCCCC2)cc1. The van der Waals surface area contributed by atoms with Crippen LogP contribution in [0, 0.1) is 18.8 Å². The molecule has 2 N–H and O–H groups in total. The highest BCUT2D eigenvalue weighted by molar-refractivity contribution is 6.02. The maximum atomic E-state index is 14.2. The minimum atomic E-state index is -1.13. The van der Waals surface area contributed by atoms with Crippen molar-refractivity contribution in [3.05, 3.63) is 77.9 Å². The Morgan fingerprint density at radius 3 is 2.50 bits per heavy atom. The smallest absolute Gasteiger partial charge is 0.246 e. The van der Waals surface area contributed by atoms with Gasteiger partial charge in [-0.2, -0.15) is 0 Å². The van der Waals surface area contributed by atoms with E-state index in [0.717, 1.165) is 44.3 Å². The average molecular weight is 571 g/mol. The Labute approximate surface area is 248 Å². The molecule has 0 aromatic heterocycles. The number of anilines is 1. The third-order valence-corrected chi connectivity index (χ3v) is 9.43. The van der Waals surface area contributed by atoms with Gasteiger partial charge in [0.1, 0.15) is 11.6 Å². The second kappa shape index (κ2) is 12.0. The van der Waals surface area contributed by atoms with Gasteiger partial charge in [-0.1, -0.05) is 79.4 Å². The molecule has 1 aliphatic carbocycles.